The highest BCUT2D eigenvalue weighted by molar-refractivity contribution is 7.94. The Morgan fingerprint density at radius 1 is 1.09 bits per heavy atom. The number of carbonyl (C=O) groups is 1. The van der Waals surface area contributed by atoms with Crippen molar-refractivity contribution in [3.8, 4) is 0 Å². The van der Waals surface area contributed by atoms with Crippen LogP contribution in [0.3, 0.4) is 0 Å². The topological polar surface area (TPSA) is 63.2 Å². The van der Waals surface area contributed by atoms with Gasteiger partial charge >= 0.3 is 0 Å². The molecule has 5 heteroatoms. The Kier molecular flexibility index (Phi) is 3.13. The van der Waals surface area contributed by atoms with E-state index in [1.54, 1.807) is 18.2 Å². The van der Waals surface area contributed by atoms with Crippen LogP contribution in [-0.4, -0.2) is 14.3 Å². The number of rotatable bonds is 3. The highest BCUT2D eigenvalue weighted by atomic mass is 32.2. The predicted molar refractivity (Wildman–Crippen MR) is 88.6 cm³/mol. The highest BCUT2D eigenvalue weighted by Gasteiger charge is 2.43. The van der Waals surface area contributed by atoms with Crippen molar-refractivity contribution in [2.75, 3.05) is 5.32 Å². The molecule has 1 aliphatic heterocycles. The van der Waals surface area contributed by atoms with Crippen molar-refractivity contribution in [1.29, 1.82) is 0 Å². The van der Waals surface area contributed by atoms with Crippen LogP contribution < -0.4 is 5.32 Å². The van der Waals surface area contributed by atoms with Gasteiger partial charge in [0.2, 0.25) is 15.7 Å². The van der Waals surface area contributed by atoms with Crippen molar-refractivity contribution >= 4 is 27.5 Å². The molecule has 4 rings (SSSR count). The predicted octanol–water partition coefficient (Wildman–Crippen LogP) is 3.19. The summed E-state index contributed by atoms with van der Waals surface area (Å²) in [5.41, 5.74) is 2.37. The first-order chi connectivity index (χ1) is 11.0. The minimum Gasteiger partial charge on any atom is -0.326 e. The Morgan fingerprint density at radius 2 is 1.87 bits per heavy atom. The molecule has 116 valence electrons. The monoisotopic (exact) mass is 325 g/mol. The second-order valence-electron chi connectivity index (χ2n) is 5.95. The lowest BCUT2D eigenvalue weighted by Gasteiger charge is -2.07. The smallest absolute Gasteiger partial charge is 0.228 e. The Bertz CT molecular complexity index is 917. The van der Waals surface area contributed by atoms with Gasteiger partial charge in [0.05, 0.1) is 4.90 Å². The lowest BCUT2D eigenvalue weighted by atomic mass is 10.1. The first kappa shape index (κ1) is 14.2. The van der Waals surface area contributed by atoms with Crippen LogP contribution in [0.1, 0.15) is 23.5 Å². The van der Waals surface area contributed by atoms with E-state index in [0.717, 1.165) is 6.42 Å². The molecule has 2 atom stereocenters. The Hall–Kier alpha value is -2.40. The standard InChI is InChI=1S/C18H15NO3S/c20-18(16-11-15(16)12-4-2-1-3-5-12)19-14-7-6-13-8-9-23(21,22)17(13)10-14/h1-10,15-16H,11H2,(H,19,20)/t15-,16-/m0/s1. The highest BCUT2D eigenvalue weighted by Crippen LogP contribution is 2.48. The molecule has 0 unspecified atom stereocenters. The number of nitrogens with one attached hydrogen (secondary N) is 1. The molecule has 1 N–H and O–H groups in total. The molecule has 1 fully saturated rings. The zero-order chi connectivity index (χ0) is 16.0. The fourth-order valence-electron chi connectivity index (χ4n) is 3.02. The molecule has 2 aromatic rings. The van der Waals surface area contributed by atoms with Gasteiger partial charge in [0.25, 0.3) is 0 Å². The van der Waals surface area contributed by atoms with E-state index < -0.39 is 9.84 Å². The van der Waals surface area contributed by atoms with Crippen molar-refractivity contribution in [1.82, 2.24) is 0 Å². The van der Waals surface area contributed by atoms with Crippen LogP contribution in [0, 0.1) is 5.92 Å². The molecule has 0 aromatic heterocycles. The third kappa shape index (κ3) is 2.57. The second kappa shape index (κ2) is 5.06. The number of amides is 1. The fourth-order valence-corrected chi connectivity index (χ4v) is 4.25. The molecular weight excluding hydrogens is 310 g/mol. The van der Waals surface area contributed by atoms with E-state index in [4.69, 9.17) is 0 Å². The number of hydrogen-bond acceptors (Lipinski definition) is 3. The van der Waals surface area contributed by atoms with Gasteiger partial charge < -0.3 is 5.32 Å². The summed E-state index contributed by atoms with van der Waals surface area (Å²) in [4.78, 5) is 12.6. The number of anilines is 1. The first-order valence-corrected chi connectivity index (χ1v) is 9.02. The Morgan fingerprint density at radius 3 is 2.65 bits per heavy atom. The van der Waals surface area contributed by atoms with Crippen LogP contribution in [0.5, 0.6) is 0 Å². The van der Waals surface area contributed by atoms with E-state index in [1.807, 2.05) is 30.3 Å². The summed E-state index contributed by atoms with van der Waals surface area (Å²) in [6, 6.07) is 15.0. The summed E-state index contributed by atoms with van der Waals surface area (Å²) in [6.45, 7) is 0. The van der Waals surface area contributed by atoms with E-state index >= 15 is 0 Å². The third-order valence-corrected chi connectivity index (χ3v) is 5.83. The number of hydrogen-bond donors (Lipinski definition) is 1. The van der Waals surface area contributed by atoms with E-state index in [-0.39, 0.29) is 22.6 Å². The first-order valence-electron chi connectivity index (χ1n) is 7.48. The number of carbonyl (C=O) groups excluding carboxylic acids is 1. The molecule has 2 aromatic carbocycles. The molecule has 1 aliphatic carbocycles. The quantitative estimate of drug-likeness (QED) is 0.942. The Balaban J connectivity index is 1.49. The van der Waals surface area contributed by atoms with Gasteiger partial charge in [0, 0.05) is 17.0 Å². The zero-order valence-electron chi connectivity index (χ0n) is 12.3. The molecule has 0 saturated heterocycles. The summed E-state index contributed by atoms with van der Waals surface area (Å²) in [5, 5.41) is 4.03. The van der Waals surface area contributed by atoms with Gasteiger partial charge in [-0.05, 0) is 41.7 Å². The molecule has 0 radical (unpaired) electrons. The fraction of sp³-hybridized carbons (Fsp3) is 0.167. The average Bonchev–Trinajstić information content (AvgIpc) is 3.30. The Labute approximate surface area is 134 Å². The molecule has 1 saturated carbocycles. The summed E-state index contributed by atoms with van der Waals surface area (Å²) in [7, 11) is -3.35. The van der Waals surface area contributed by atoms with Crippen LogP contribution in [0.25, 0.3) is 6.08 Å². The molecular formula is C18H15NO3S. The minimum absolute atomic E-state index is 0.0413. The van der Waals surface area contributed by atoms with Crippen LogP contribution in [-0.2, 0) is 14.6 Å². The van der Waals surface area contributed by atoms with Crippen LogP contribution in [0.4, 0.5) is 5.69 Å². The zero-order valence-corrected chi connectivity index (χ0v) is 13.1. The summed E-state index contributed by atoms with van der Waals surface area (Å²) < 4.78 is 23.7. The van der Waals surface area contributed by atoms with Gasteiger partial charge in [-0.1, -0.05) is 36.4 Å². The summed E-state index contributed by atoms with van der Waals surface area (Å²) >= 11 is 0. The maximum absolute atomic E-state index is 12.3. The molecule has 23 heavy (non-hydrogen) atoms. The van der Waals surface area contributed by atoms with E-state index in [1.165, 1.54) is 17.0 Å². The lowest BCUT2D eigenvalue weighted by molar-refractivity contribution is -0.117. The van der Waals surface area contributed by atoms with E-state index in [2.05, 4.69) is 5.32 Å². The van der Waals surface area contributed by atoms with Crippen molar-refractivity contribution in [2.24, 2.45) is 5.92 Å². The normalized spacial score (nSPS) is 23.3. The van der Waals surface area contributed by atoms with Gasteiger partial charge in [-0.3, -0.25) is 4.79 Å². The SMILES string of the molecule is O=C(Nc1ccc2c(c1)S(=O)(=O)C=C2)[C@H]1C[C@H]1c1ccccc1. The van der Waals surface area contributed by atoms with Gasteiger partial charge in [-0.15, -0.1) is 0 Å². The van der Waals surface area contributed by atoms with Crippen molar-refractivity contribution in [3.05, 3.63) is 65.1 Å². The number of benzene rings is 2. The molecule has 0 bridgehead atoms. The molecule has 1 amide bonds. The summed E-state index contributed by atoms with van der Waals surface area (Å²) in [5.74, 6) is 0.165. The van der Waals surface area contributed by atoms with Crippen LogP contribution >= 0.6 is 0 Å². The van der Waals surface area contributed by atoms with Crippen molar-refractivity contribution in [2.45, 2.75) is 17.2 Å². The molecule has 2 aliphatic rings. The summed E-state index contributed by atoms with van der Waals surface area (Å²) in [6.07, 6.45) is 2.41. The molecule has 1 heterocycles. The largest absolute Gasteiger partial charge is 0.326 e. The van der Waals surface area contributed by atoms with Gasteiger partial charge in [-0.25, -0.2) is 8.42 Å². The molecule has 0 spiro atoms. The lowest BCUT2D eigenvalue weighted by Crippen LogP contribution is -2.14. The number of fused-ring (bicyclic) bond motifs is 1. The molecule has 4 nitrogen and oxygen atoms in total. The second-order valence-corrected chi connectivity index (χ2v) is 7.75. The van der Waals surface area contributed by atoms with Gasteiger partial charge in [0.1, 0.15) is 0 Å². The van der Waals surface area contributed by atoms with Crippen molar-refractivity contribution in [3.63, 3.8) is 0 Å². The van der Waals surface area contributed by atoms with E-state index in [9.17, 15) is 13.2 Å². The van der Waals surface area contributed by atoms with Crippen LogP contribution in [0.2, 0.25) is 0 Å². The van der Waals surface area contributed by atoms with E-state index in [0.29, 0.717) is 11.3 Å². The van der Waals surface area contributed by atoms with Gasteiger partial charge in [0.15, 0.2) is 0 Å². The third-order valence-electron chi connectivity index (χ3n) is 4.37. The minimum atomic E-state index is -3.35. The maximum Gasteiger partial charge on any atom is 0.228 e. The number of sulfone groups is 1. The maximum atomic E-state index is 12.3. The van der Waals surface area contributed by atoms with Gasteiger partial charge in [-0.2, -0.15) is 0 Å². The average molecular weight is 325 g/mol. The van der Waals surface area contributed by atoms with Crippen molar-refractivity contribution < 1.29 is 13.2 Å². The van der Waals surface area contributed by atoms with Crippen LogP contribution in [0.15, 0.2) is 58.8 Å².